The molecule has 2 aromatic carbocycles. The highest BCUT2D eigenvalue weighted by atomic mass is 35.5. The lowest BCUT2D eigenvalue weighted by Gasteiger charge is -2.23. The van der Waals surface area contributed by atoms with E-state index in [1.807, 2.05) is 30.3 Å². The zero-order chi connectivity index (χ0) is 26.2. The SMILES string of the molecule is O=C(c1ccc(Cl)cc1)N1CCCC[C@@H](Sc2nc3sc4c(c3c(=O)n2-c2ccccc2)CCCC4)C1=O. The number of aromatic nitrogens is 2. The number of para-hydroxylation sites is 1. The molecule has 4 aromatic rings. The van der Waals surface area contributed by atoms with Crippen molar-refractivity contribution in [3.8, 4) is 5.69 Å². The van der Waals surface area contributed by atoms with E-state index < -0.39 is 5.25 Å². The highest BCUT2D eigenvalue weighted by Crippen LogP contribution is 2.37. The fourth-order valence-corrected chi connectivity index (χ4v) is 7.90. The average molecular weight is 564 g/mol. The third kappa shape index (κ3) is 4.70. The van der Waals surface area contributed by atoms with E-state index in [1.54, 1.807) is 40.2 Å². The van der Waals surface area contributed by atoms with Crippen LogP contribution in [0.5, 0.6) is 0 Å². The van der Waals surface area contributed by atoms with Gasteiger partial charge in [-0.2, -0.15) is 0 Å². The number of amides is 2. The molecular weight excluding hydrogens is 538 g/mol. The Morgan fingerprint density at radius 1 is 0.974 bits per heavy atom. The van der Waals surface area contributed by atoms with Crippen LogP contribution in [-0.4, -0.2) is 38.1 Å². The number of likely N-dealkylation sites (tertiary alicyclic amines) is 1. The summed E-state index contributed by atoms with van der Waals surface area (Å²) in [5.41, 5.74) is 2.21. The lowest BCUT2D eigenvalue weighted by molar-refractivity contribution is -0.127. The molecule has 6 nitrogen and oxygen atoms in total. The van der Waals surface area contributed by atoms with Crippen molar-refractivity contribution >= 4 is 56.7 Å². The summed E-state index contributed by atoms with van der Waals surface area (Å²) in [4.78, 5) is 49.4. The number of hydrogen-bond donors (Lipinski definition) is 0. The second-order valence-electron chi connectivity index (χ2n) is 9.67. The van der Waals surface area contributed by atoms with Gasteiger partial charge in [0.15, 0.2) is 5.16 Å². The van der Waals surface area contributed by atoms with Crippen LogP contribution in [0.15, 0.2) is 64.5 Å². The summed E-state index contributed by atoms with van der Waals surface area (Å²) in [6.45, 7) is 0.368. The standard InChI is InChI=1S/C29H26ClN3O3S2/c30-19-15-13-18(14-16-19)26(34)32-17-7-6-12-23(27(32)35)38-29-31-25-24(21-10-4-5-11-22(21)37-25)28(36)33(29)20-8-2-1-3-9-20/h1-3,8-9,13-16,23H,4-7,10-12,17H2/t23-/m1/s1. The molecule has 1 aliphatic carbocycles. The van der Waals surface area contributed by atoms with Crippen LogP contribution in [0.2, 0.25) is 5.02 Å². The van der Waals surface area contributed by atoms with Crippen molar-refractivity contribution in [1.29, 1.82) is 0 Å². The Bertz CT molecular complexity index is 1580. The van der Waals surface area contributed by atoms with E-state index in [4.69, 9.17) is 16.6 Å². The van der Waals surface area contributed by atoms with E-state index in [1.165, 1.54) is 21.5 Å². The molecule has 2 amide bonds. The maximum Gasteiger partial charge on any atom is 0.267 e. The van der Waals surface area contributed by atoms with Gasteiger partial charge in [0.2, 0.25) is 5.91 Å². The minimum Gasteiger partial charge on any atom is -0.278 e. The molecule has 0 saturated carbocycles. The monoisotopic (exact) mass is 563 g/mol. The first-order valence-corrected chi connectivity index (χ1v) is 15.0. The number of thiophene rings is 1. The fraction of sp³-hybridized carbons (Fsp3) is 0.310. The normalized spacial score (nSPS) is 17.9. The first-order chi connectivity index (χ1) is 18.5. The summed E-state index contributed by atoms with van der Waals surface area (Å²) >= 11 is 8.89. The number of thioether (sulfide) groups is 1. The number of fused-ring (bicyclic) bond motifs is 3. The molecule has 3 heterocycles. The molecule has 0 radical (unpaired) electrons. The van der Waals surface area contributed by atoms with Crippen molar-refractivity contribution in [2.75, 3.05) is 6.54 Å². The summed E-state index contributed by atoms with van der Waals surface area (Å²) in [5.74, 6) is -0.569. The van der Waals surface area contributed by atoms with Crippen molar-refractivity contribution in [2.24, 2.45) is 0 Å². The molecule has 0 N–H and O–H groups in total. The van der Waals surface area contributed by atoms with Gasteiger partial charge < -0.3 is 0 Å². The molecule has 9 heteroatoms. The number of benzene rings is 2. The number of carbonyl (C=O) groups is 2. The second-order valence-corrected chi connectivity index (χ2v) is 12.4. The third-order valence-corrected chi connectivity index (χ3v) is 9.84. The molecule has 1 aliphatic heterocycles. The molecule has 0 unspecified atom stereocenters. The summed E-state index contributed by atoms with van der Waals surface area (Å²) in [6.07, 6.45) is 6.23. The summed E-state index contributed by atoms with van der Waals surface area (Å²) in [5, 5.41) is 1.21. The minimum atomic E-state index is -0.525. The Hall–Kier alpha value is -2.94. The smallest absolute Gasteiger partial charge is 0.267 e. The molecule has 0 bridgehead atoms. The van der Waals surface area contributed by atoms with Gasteiger partial charge in [-0.15, -0.1) is 11.3 Å². The van der Waals surface area contributed by atoms with Crippen molar-refractivity contribution in [1.82, 2.24) is 14.5 Å². The lowest BCUT2D eigenvalue weighted by atomic mass is 9.97. The number of nitrogens with zero attached hydrogens (tertiary/aromatic N) is 3. The van der Waals surface area contributed by atoms with Crippen LogP contribution in [0, 0.1) is 0 Å². The van der Waals surface area contributed by atoms with Gasteiger partial charge in [0, 0.05) is 22.0 Å². The van der Waals surface area contributed by atoms with Crippen LogP contribution in [0.3, 0.4) is 0 Å². The van der Waals surface area contributed by atoms with E-state index in [2.05, 4.69) is 0 Å². The van der Waals surface area contributed by atoms with Gasteiger partial charge in [-0.25, -0.2) is 4.98 Å². The van der Waals surface area contributed by atoms with E-state index in [0.717, 1.165) is 54.6 Å². The van der Waals surface area contributed by atoms with Crippen molar-refractivity contribution in [3.05, 3.63) is 86.0 Å². The summed E-state index contributed by atoms with van der Waals surface area (Å²) < 4.78 is 1.65. The van der Waals surface area contributed by atoms with Crippen LogP contribution >= 0.6 is 34.7 Å². The Kier molecular flexibility index (Phi) is 7.12. The largest absolute Gasteiger partial charge is 0.278 e. The van der Waals surface area contributed by atoms with Gasteiger partial charge in [-0.05, 0) is 80.5 Å². The number of aryl methyl sites for hydroxylation is 2. The van der Waals surface area contributed by atoms with E-state index in [9.17, 15) is 14.4 Å². The molecule has 2 aromatic heterocycles. The van der Waals surface area contributed by atoms with Gasteiger partial charge in [0.25, 0.3) is 11.5 Å². The minimum absolute atomic E-state index is 0.0849. The average Bonchev–Trinajstić information content (AvgIpc) is 3.21. The zero-order valence-corrected chi connectivity index (χ0v) is 23.1. The number of carbonyl (C=O) groups excluding carboxylic acids is 2. The van der Waals surface area contributed by atoms with Crippen molar-refractivity contribution in [2.45, 2.75) is 55.4 Å². The van der Waals surface area contributed by atoms with Crippen molar-refractivity contribution < 1.29 is 9.59 Å². The first kappa shape index (κ1) is 25.3. The van der Waals surface area contributed by atoms with Crippen LogP contribution in [-0.2, 0) is 17.6 Å². The topological polar surface area (TPSA) is 72.3 Å². The van der Waals surface area contributed by atoms with Crippen LogP contribution in [0.4, 0.5) is 0 Å². The number of halogens is 1. The third-order valence-electron chi connectivity index (χ3n) is 7.20. The highest BCUT2D eigenvalue weighted by molar-refractivity contribution is 8.00. The van der Waals surface area contributed by atoms with Crippen LogP contribution in [0.25, 0.3) is 15.9 Å². The molecule has 1 saturated heterocycles. The van der Waals surface area contributed by atoms with Gasteiger partial charge in [-0.1, -0.05) is 48.0 Å². The Labute approximate surface area is 233 Å². The second kappa shape index (κ2) is 10.7. The predicted molar refractivity (Wildman–Crippen MR) is 153 cm³/mol. The molecule has 6 rings (SSSR count). The summed E-state index contributed by atoms with van der Waals surface area (Å²) in [7, 11) is 0. The molecule has 0 spiro atoms. The van der Waals surface area contributed by atoms with Crippen molar-refractivity contribution in [3.63, 3.8) is 0 Å². The van der Waals surface area contributed by atoms with Gasteiger partial charge in [0.05, 0.1) is 16.3 Å². The Morgan fingerprint density at radius 2 is 1.74 bits per heavy atom. The molecule has 1 fully saturated rings. The first-order valence-electron chi connectivity index (χ1n) is 12.9. The molecule has 194 valence electrons. The maximum absolute atomic E-state index is 14.0. The number of imide groups is 1. The van der Waals surface area contributed by atoms with Gasteiger partial charge in [-0.3, -0.25) is 23.9 Å². The molecule has 2 aliphatic rings. The van der Waals surface area contributed by atoms with E-state index >= 15 is 0 Å². The van der Waals surface area contributed by atoms with Gasteiger partial charge in [0.1, 0.15) is 4.83 Å². The van der Waals surface area contributed by atoms with E-state index in [0.29, 0.717) is 34.1 Å². The zero-order valence-electron chi connectivity index (χ0n) is 20.7. The number of hydrogen-bond acceptors (Lipinski definition) is 6. The van der Waals surface area contributed by atoms with Crippen LogP contribution in [0.1, 0.15) is 52.9 Å². The molecule has 38 heavy (non-hydrogen) atoms. The quantitative estimate of drug-likeness (QED) is 0.215. The number of rotatable bonds is 4. The Balaban J connectivity index is 1.41. The Morgan fingerprint density at radius 3 is 2.53 bits per heavy atom. The van der Waals surface area contributed by atoms with Gasteiger partial charge >= 0.3 is 0 Å². The fourth-order valence-electron chi connectivity index (χ4n) is 5.26. The molecule has 1 atom stereocenters. The predicted octanol–water partition coefficient (Wildman–Crippen LogP) is 6.29. The maximum atomic E-state index is 14.0. The lowest BCUT2D eigenvalue weighted by Crippen LogP contribution is -2.41. The summed E-state index contributed by atoms with van der Waals surface area (Å²) in [6, 6.07) is 16.1. The van der Waals surface area contributed by atoms with Crippen LogP contribution < -0.4 is 5.56 Å². The molecular formula is C29H26ClN3O3S2. The highest BCUT2D eigenvalue weighted by Gasteiger charge is 2.34. The van der Waals surface area contributed by atoms with E-state index in [-0.39, 0.29) is 17.4 Å².